The molecule has 2 aromatic heterocycles. The van der Waals surface area contributed by atoms with E-state index in [2.05, 4.69) is 44.6 Å². The number of pyridine rings is 1. The first-order valence-electron chi connectivity index (χ1n) is 11.0. The van der Waals surface area contributed by atoms with Gasteiger partial charge in [0, 0.05) is 34.8 Å². The van der Waals surface area contributed by atoms with Crippen molar-refractivity contribution in [2.24, 2.45) is 17.3 Å². The molecule has 2 heterocycles. The number of ether oxygens (including phenoxy) is 1. The molecule has 0 bridgehead atoms. The Kier molecular flexibility index (Phi) is 5.21. The number of nitrogens with one attached hydrogen (secondary N) is 1. The number of allylic oxidation sites excluding steroid dienone is 4. The molecular weight excluding hydrogens is 400 g/mol. The van der Waals surface area contributed by atoms with Gasteiger partial charge in [0.05, 0.1) is 18.5 Å². The van der Waals surface area contributed by atoms with Crippen molar-refractivity contribution in [1.29, 1.82) is 0 Å². The Morgan fingerprint density at radius 1 is 1.19 bits per heavy atom. The molecule has 1 unspecified atom stereocenters. The Morgan fingerprint density at radius 3 is 2.91 bits per heavy atom. The van der Waals surface area contributed by atoms with E-state index in [1.54, 1.807) is 12.4 Å². The molecule has 1 N–H and O–H groups in total. The summed E-state index contributed by atoms with van der Waals surface area (Å²) in [6, 6.07) is 7.88. The zero-order valence-corrected chi connectivity index (χ0v) is 18.3. The molecule has 2 aliphatic carbocycles. The maximum absolute atomic E-state index is 13.2. The summed E-state index contributed by atoms with van der Waals surface area (Å²) < 4.78 is 6.19. The van der Waals surface area contributed by atoms with Crippen molar-refractivity contribution in [3.05, 3.63) is 78.7 Å². The van der Waals surface area contributed by atoms with Gasteiger partial charge in [0.25, 0.3) is 0 Å². The normalized spacial score (nSPS) is 23.8. The van der Waals surface area contributed by atoms with Crippen molar-refractivity contribution in [3.8, 4) is 5.75 Å². The van der Waals surface area contributed by atoms with E-state index in [-0.39, 0.29) is 23.2 Å². The highest BCUT2D eigenvalue weighted by atomic mass is 16.5. The smallest absolute Gasteiger partial charge is 0.228 e. The minimum atomic E-state index is -0.235. The van der Waals surface area contributed by atoms with Gasteiger partial charge in [-0.1, -0.05) is 30.4 Å². The number of fused-ring (bicyclic) bond motifs is 1. The van der Waals surface area contributed by atoms with Gasteiger partial charge in [0.2, 0.25) is 5.91 Å². The quantitative estimate of drug-likeness (QED) is 0.613. The van der Waals surface area contributed by atoms with Crippen LogP contribution in [0, 0.1) is 31.1 Å². The first kappa shape index (κ1) is 20.4. The second-order valence-corrected chi connectivity index (χ2v) is 8.73. The van der Waals surface area contributed by atoms with E-state index in [0.717, 1.165) is 40.8 Å². The second-order valence-electron chi connectivity index (χ2n) is 8.73. The number of nitrogens with zero attached hydrogens (tertiary/aromatic N) is 3. The van der Waals surface area contributed by atoms with Crippen LogP contribution in [-0.2, 0) is 4.79 Å². The minimum Gasteiger partial charge on any atom is -0.489 e. The summed E-state index contributed by atoms with van der Waals surface area (Å²) in [5.41, 5.74) is 1.37. The van der Waals surface area contributed by atoms with Gasteiger partial charge >= 0.3 is 0 Å². The minimum absolute atomic E-state index is 0.0386. The summed E-state index contributed by atoms with van der Waals surface area (Å²) in [5, 5.41) is 5.22. The number of hydrogen-bond acceptors (Lipinski definition) is 5. The maximum Gasteiger partial charge on any atom is 0.228 e. The number of hydrogen-bond donors (Lipinski definition) is 1. The van der Waals surface area contributed by atoms with Gasteiger partial charge in [0.15, 0.2) is 5.75 Å². The summed E-state index contributed by atoms with van der Waals surface area (Å²) in [6.45, 7) is 4.25. The number of anilines is 1. The Balaban J connectivity index is 1.34. The third-order valence-corrected chi connectivity index (χ3v) is 6.61. The number of carbonyl (C=O) groups is 1. The Bertz CT molecular complexity index is 1240. The molecular formula is C26H26N4O2. The molecule has 0 radical (unpaired) electrons. The van der Waals surface area contributed by atoms with Crippen molar-refractivity contribution < 1.29 is 9.53 Å². The number of aryl methyl sites for hydroxylation is 2. The van der Waals surface area contributed by atoms with Crippen LogP contribution >= 0.6 is 0 Å². The Hall–Kier alpha value is -3.54. The first-order chi connectivity index (χ1) is 15.5. The van der Waals surface area contributed by atoms with Crippen molar-refractivity contribution in [1.82, 2.24) is 15.0 Å². The average molecular weight is 427 g/mol. The summed E-state index contributed by atoms with van der Waals surface area (Å²) in [5.74, 6) is 1.59. The van der Waals surface area contributed by atoms with Crippen LogP contribution in [0.4, 0.5) is 5.69 Å². The molecule has 6 heteroatoms. The van der Waals surface area contributed by atoms with E-state index in [4.69, 9.17) is 4.74 Å². The van der Waals surface area contributed by atoms with Crippen LogP contribution in [0.5, 0.6) is 5.75 Å². The van der Waals surface area contributed by atoms with Crippen LogP contribution in [0.1, 0.15) is 24.4 Å². The lowest BCUT2D eigenvalue weighted by molar-refractivity contribution is -0.118. The fourth-order valence-corrected chi connectivity index (χ4v) is 4.68. The molecule has 0 saturated heterocycles. The van der Waals surface area contributed by atoms with E-state index in [0.29, 0.717) is 12.4 Å². The van der Waals surface area contributed by atoms with Crippen LogP contribution in [0.15, 0.2) is 67.2 Å². The number of benzene rings is 1. The van der Waals surface area contributed by atoms with Gasteiger partial charge in [0.1, 0.15) is 5.82 Å². The maximum atomic E-state index is 13.2. The molecule has 5 rings (SSSR count). The van der Waals surface area contributed by atoms with E-state index in [1.807, 2.05) is 44.3 Å². The molecule has 1 amide bonds. The number of carbonyl (C=O) groups excluding carboxylic acids is 1. The second kappa shape index (κ2) is 8.19. The number of rotatable bonds is 6. The van der Waals surface area contributed by atoms with Crippen molar-refractivity contribution in [2.45, 2.75) is 26.7 Å². The molecule has 1 fully saturated rings. The fourth-order valence-electron chi connectivity index (χ4n) is 4.68. The van der Waals surface area contributed by atoms with Crippen LogP contribution in [0.2, 0.25) is 0 Å². The van der Waals surface area contributed by atoms with Gasteiger partial charge in [-0.15, -0.1) is 0 Å². The lowest BCUT2D eigenvalue weighted by Crippen LogP contribution is -2.29. The van der Waals surface area contributed by atoms with Crippen molar-refractivity contribution >= 4 is 22.4 Å². The lowest BCUT2D eigenvalue weighted by Gasteiger charge is -2.26. The van der Waals surface area contributed by atoms with Crippen LogP contribution < -0.4 is 10.1 Å². The predicted octanol–water partition coefficient (Wildman–Crippen LogP) is 4.80. The van der Waals surface area contributed by atoms with E-state index >= 15 is 0 Å². The highest BCUT2D eigenvalue weighted by molar-refractivity contribution is 5.97. The highest BCUT2D eigenvalue weighted by Gasteiger charge is 2.62. The monoisotopic (exact) mass is 426 g/mol. The summed E-state index contributed by atoms with van der Waals surface area (Å²) >= 11 is 0. The predicted molar refractivity (Wildman–Crippen MR) is 124 cm³/mol. The number of amides is 1. The third-order valence-electron chi connectivity index (χ3n) is 6.61. The summed E-state index contributed by atoms with van der Waals surface area (Å²) in [7, 11) is 0. The summed E-state index contributed by atoms with van der Waals surface area (Å²) in [6.07, 6.45) is 15.5. The van der Waals surface area contributed by atoms with Gasteiger partial charge in [-0.2, -0.15) is 0 Å². The molecule has 6 nitrogen and oxygen atoms in total. The number of aromatic nitrogens is 3. The van der Waals surface area contributed by atoms with Gasteiger partial charge in [-0.3, -0.25) is 9.78 Å². The molecule has 162 valence electrons. The van der Waals surface area contributed by atoms with Crippen LogP contribution in [0.3, 0.4) is 0 Å². The van der Waals surface area contributed by atoms with Gasteiger partial charge < -0.3 is 10.1 Å². The summed E-state index contributed by atoms with van der Waals surface area (Å²) in [4.78, 5) is 26.1. The van der Waals surface area contributed by atoms with E-state index in [1.165, 1.54) is 0 Å². The average Bonchev–Trinajstić information content (AvgIpc) is 3.55. The molecule has 3 atom stereocenters. The standard InChI is InChI=1S/C26H26N4O2/c1-17-24(15-28-18(2)29-17)32-16-26(21-6-4-3-5-7-21)13-23(26)25(31)30-22-9-8-19-10-11-27-14-20(19)12-22/h3-6,8-12,14-15,21,23H,7,13,16H2,1-2H3,(H,30,31)/t21?,23-,26+/m0/s1. The highest BCUT2D eigenvalue weighted by Crippen LogP contribution is 2.60. The van der Waals surface area contributed by atoms with Gasteiger partial charge in [-0.25, -0.2) is 9.97 Å². The third kappa shape index (κ3) is 3.88. The largest absolute Gasteiger partial charge is 0.489 e. The van der Waals surface area contributed by atoms with Gasteiger partial charge in [-0.05, 0) is 56.2 Å². The fraction of sp³-hybridized carbons (Fsp3) is 0.308. The molecule has 1 saturated carbocycles. The molecule has 32 heavy (non-hydrogen) atoms. The molecule has 1 aromatic carbocycles. The molecule has 2 aliphatic rings. The van der Waals surface area contributed by atoms with Crippen molar-refractivity contribution in [2.75, 3.05) is 11.9 Å². The van der Waals surface area contributed by atoms with E-state index < -0.39 is 0 Å². The van der Waals surface area contributed by atoms with Crippen molar-refractivity contribution in [3.63, 3.8) is 0 Å². The SMILES string of the molecule is Cc1ncc(OC[C@@]2(C3C=CC=CC3)C[C@H]2C(=O)Nc2ccc3ccncc3c2)c(C)n1. The Morgan fingerprint density at radius 2 is 2.09 bits per heavy atom. The topological polar surface area (TPSA) is 77.0 Å². The van der Waals surface area contributed by atoms with Crippen LogP contribution in [0.25, 0.3) is 10.8 Å². The Labute approximate surface area is 187 Å². The van der Waals surface area contributed by atoms with E-state index in [9.17, 15) is 4.79 Å². The molecule has 3 aromatic rings. The molecule has 0 spiro atoms. The first-order valence-corrected chi connectivity index (χ1v) is 11.0. The lowest BCUT2D eigenvalue weighted by atomic mass is 9.82. The zero-order chi connectivity index (χ0) is 22.1. The van der Waals surface area contributed by atoms with Crippen LogP contribution in [-0.4, -0.2) is 27.5 Å². The molecule has 0 aliphatic heterocycles. The zero-order valence-electron chi connectivity index (χ0n) is 18.3.